The molecule has 1 N–H and O–H groups in total. The maximum absolute atomic E-state index is 12.5. The van der Waals surface area contributed by atoms with E-state index < -0.39 is 0 Å². The summed E-state index contributed by atoms with van der Waals surface area (Å²) in [4.78, 5) is 0. The first-order valence-electron chi connectivity index (χ1n) is 4.00. The van der Waals surface area contributed by atoms with Crippen molar-refractivity contribution in [2.45, 2.75) is 0 Å². The highest BCUT2D eigenvalue weighted by molar-refractivity contribution is 5.54. The number of benzene rings is 1. The summed E-state index contributed by atoms with van der Waals surface area (Å²) in [5, 5.41) is 3.15. The van der Waals surface area contributed by atoms with Crippen LogP contribution < -0.4 is 5.32 Å². The first kappa shape index (κ1) is 7.50. The Morgan fingerprint density at radius 2 is 1.83 bits per heavy atom. The molecule has 1 saturated heterocycles. The second kappa shape index (κ2) is 3.07. The Labute approximate surface area is 70.9 Å². The monoisotopic (exact) mass is 163 g/mol. The van der Waals surface area contributed by atoms with Gasteiger partial charge in [0.2, 0.25) is 0 Å². The Bertz CT molecular complexity index is 294. The molecule has 2 heteroatoms. The van der Waals surface area contributed by atoms with Crippen molar-refractivity contribution < 1.29 is 4.39 Å². The van der Waals surface area contributed by atoms with E-state index in [1.54, 1.807) is 12.1 Å². The van der Waals surface area contributed by atoms with Crippen LogP contribution in [0.25, 0.3) is 6.08 Å². The molecular formula is C10H10FN. The zero-order valence-corrected chi connectivity index (χ0v) is 6.68. The van der Waals surface area contributed by atoms with Gasteiger partial charge in [-0.05, 0) is 23.3 Å². The average Bonchev–Trinajstić information content (AvgIpc) is 2.00. The van der Waals surface area contributed by atoms with Gasteiger partial charge in [-0.3, -0.25) is 0 Å². The van der Waals surface area contributed by atoms with Gasteiger partial charge in [-0.1, -0.05) is 18.2 Å². The molecule has 1 aromatic rings. The standard InChI is InChI=1S/C10H10FN/c11-10-3-1-8(2-4-10)5-9-6-12-7-9/h1-5,12H,6-7H2. The summed E-state index contributed by atoms with van der Waals surface area (Å²) < 4.78 is 12.5. The molecule has 0 saturated carbocycles. The topological polar surface area (TPSA) is 12.0 Å². The third-order valence-corrected chi connectivity index (χ3v) is 1.94. The van der Waals surface area contributed by atoms with Gasteiger partial charge in [-0.2, -0.15) is 0 Å². The number of halogens is 1. The lowest BCUT2D eigenvalue weighted by atomic mass is 10.1. The minimum absolute atomic E-state index is 0.177. The van der Waals surface area contributed by atoms with Crippen molar-refractivity contribution >= 4 is 6.08 Å². The third kappa shape index (κ3) is 1.53. The Morgan fingerprint density at radius 3 is 2.33 bits per heavy atom. The zero-order valence-electron chi connectivity index (χ0n) is 6.68. The van der Waals surface area contributed by atoms with Crippen LogP contribution in [0.4, 0.5) is 4.39 Å². The number of hydrogen-bond donors (Lipinski definition) is 1. The van der Waals surface area contributed by atoms with Crippen LogP contribution in [0.3, 0.4) is 0 Å². The third-order valence-electron chi connectivity index (χ3n) is 1.94. The van der Waals surface area contributed by atoms with Crippen molar-refractivity contribution in [3.63, 3.8) is 0 Å². The van der Waals surface area contributed by atoms with Crippen LogP contribution in [-0.4, -0.2) is 13.1 Å². The highest BCUT2D eigenvalue weighted by atomic mass is 19.1. The van der Waals surface area contributed by atoms with Gasteiger partial charge in [-0.15, -0.1) is 0 Å². The van der Waals surface area contributed by atoms with Crippen molar-refractivity contribution in [2.24, 2.45) is 0 Å². The summed E-state index contributed by atoms with van der Waals surface area (Å²) >= 11 is 0. The second-order valence-corrected chi connectivity index (χ2v) is 2.96. The van der Waals surface area contributed by atoms with E-state index >= 15 is 0 Å². The molecule has 0 unspecified atom stereocenters. The largest absolute Gasteiger partial charge is 0.309 e. The molecule has 1 aliphatic rings. The Kier molecular flexibility index (Phi) is 1.92. The molecule has 0 atom stereocenters. The molecule has 1 fully saturated rings. The number of nitrogens with one attached hydrogen (secondary N) is 1. The van der Waals surface area contributed by atoms with E-state index in [0.717, 1.165) is 18.7 Å². The Hall–Kier alpha value is -1.15. The fourth-order valence-corrected chi connectivity index (χ4v) is 1.17. The highest BCUT2D eigenvalue weighted by Gasteiger charge is 2.05. The van der Waals surface area contributed by atoms with E-state index in [9.17, 15) is 4.39 Å². The van der Waals surface area contributed by atoms with Gasteiger partial charge >= 0.3 is 0 Å². The zero-order chi connectivity index (χ0) is 8.39. The van der Waals surface area contributed by atoms with E-state index in [4.69, 9.17) is 0 Å². The summed E-state index contributed by atoms with van der Waals surface area (Å²) in [6.07, 6.45) is 2.09. The normalized spacial score (nSPS) is 15.6. The van der Waals surface area contributed by atoms with Crippen LogP contribution >= 0.6 is 0 Å². The molecule has 0 aromatic heterocycles. The maximum Gasteiger partial charge on any atom is 0.123 e. The number of hydrogen-bond acceptors (Lipinski definition) is 1. The van der Waals surface area contributed by atoms with Crippen LogP contribution in [0.1, 0.15) is 5.56 Å². The predicted molar refractivity (Wildman–Crippen MR) is 47.2 cm³/mol. The average molecular weight is 163 g/mol. The van der Waals surface area contributed by atoms with E-state index in [-0.39, 0.29) is 5.82 Å². The maximum atomic E-state index is 12.5. The lowest BCUT2D eigenvalue weighted by Crippen LogP contribution is -2.33. The van der Waals surface area contributed by atoms with Crippen molar-refractivity contribution in [2.75, 3.05) is 13.1 Å². The minimum Gasteiger partial charge on any atom is -0.309 e. The summed E-state index contributed by atoms with van der Waals surface area (Å²) in [6, 6.07) is 6.55. The van der Waals surface area contributed by atoms with Crippen LogP contribution in [-0.2, 0) is 0 Å². The summed E-state index contributed by atoms with van der Waals surface area (Å²) in [5.41, 5.74) is 2.45. The smallest absolute Gasteiger partial charge is 0.123 e. The molecule has 1 aromatic carbocycles. The predicted octanol–water partition coefficient (Wildman–Crippen LogP) is 1.81. The van der Waals surface area contributed by atoms with Gasteiger partial charge in [0, 0.05) is 13.1 Å². The van der Waals surface area contributed by atoms with E-state index in [2.05, 4.69) is 11.4 Å². The van der Waals surface area contributed by atoms with Crippen LogP contribution in [0.5, 0.6) is 0 Å². The molecule has 2 rings (SSSR count). The molecule has 0 amide bonds. The van der Waals surface area contributed by atoms with Crippen LogP contribution in [0, 0.1) is 5.82 Å². The molecule has 12 heavy (non-hydrogen) atoms. The molecular weight excluding hydrogens is 153 g/mol. The molecule has 1 heterocycles. The molecule has 0 bridgehead atoms. The molecule has 0 spiro atoms. The van der Waals surface area contributed by atoms with Gasteiger partial charge in [0.15, 0.2) is 0 Å². The number of rotatable bonds is 1. The summed E-state index contributed by atoms with van der Waals surface area (Å²) in [7, 11) is 0. The molecule has 1 nitrogen and oxygen atoms in total. The molecule has 1 aliphatic heterocycles. The lowest BCUT2D eigenvalue weighted by Gasteiger charge is -2.18. The van der Waals surface area contributed by atoms with Gasteiger partial charge < -0.3 is 5.32 Å². The van der Waals surface area contributed by atoms with Crippen molar-refractivity contribution in [1.82, 2.24) is 5.32 Å². The first-order valence-corrected chi connectivity index (χ1v) is 4.00. The summed E-state index contributed by atoms with van der Waals surface area (Å²) in [5.74, 6) is -0.177. The second-order valence-electron chi connectivity index (χ2n) is 2.96. The molecule has 0 aliphatic carbocycles. The van der Waals surface area contributed by atoms with Crippen LogP contribution in [0.15, 0.2) is 29.8 Å². The lowest BCUT2D eigenvalue weighted by molar-refractivity contribution is 0.627. The van der Waals surface area contributed by atoms with Crippen LogP contribution in [0.2, 0.25) is 0 Å². The summed E-state index contributed by atoms with van der Waals surface area (Å²) in [6.45, 7) is 1.94. The Balaban J connectivity index is 2.18. The highest BCUT2D eigenvalue weighted by Crippen LogP contribution is 2.10. The van der Waals surface area contributed by atoms with E-state index in [1.807, 2.05) is 0 Å². The van der Waals surface area contributed by atoms with Crippen molar-refractivity contribution in [1.29, 1.82) is 0 Å². The van der Waals surface area contributed by atoms with Crippen molar-refractivity contribution in [3.8, 4) is 0 Å². The quantitative estimate of drug-likeness (QED) is 0.665. The van der Waals surface area contributed by atoms with Crippen molar-refractivity contribution in [3.05, 3.63) is 41.2 Å². The fraction of sp³-hybridized carbons (Fsp3) is 0.200. The molecule has 62 valence electrons. The SMILES string of the molecule is Fc1ccc(C=C2CNC2)cc1. The Morgan fingerprint density at radius 1 is 1.17 bits per heavy atom. The van der Waals surface area contributed by atoms with Gasteiger partial charge in [0.05, 0.1) is 0 Å². The molecule has 0 radical (unpaired) electrons. The first-order chi connectivity index (χ1) is 5.84. The fourth-order valence-electron chi connectivity index (χ4n) is 1.17. The van der Waals surface area contributed by atoms with E-state index in [1.165, 1.54) is 17.7 Å². The van der Waals surface area contributed by atoms with E-state index in [0.29, 0.717) is 0 Å². The van der Waals surface area contributed by atoms with Gasteiger partial charge in [0.25, 0.3) is 0 Å². The minimum atomic E-state index is -0.177. The van der Waals surface area contributed by atoms with Gasteiger partial charge in [-0.25, -0.2) is 4.39 Å². The van der Waals surface area contributed by atoms with Gasteiger partial charge in [0.1, 0.15) is 5.82 Å².